The second kappa shape index (κ2) is 6.40. The Balaban J connectivity index is 2.21. The first-order valence-electron chi connectivity index (χ1n) is 7.51. The van der Waals surface area contributed by atoms with Gasteiger partial charge in [-0.3, -0.25) is 4.79 Å². The van der Waals surface area contributed by atoms with E-state index >= 15 is 0 Å². The van der Waals surface area contributed by atoms with Gasteiger partial charge >= 0.3 is 5.97 Å². The molecule has 1 aliphatic carbocycles. The minimum absolute atomic E-state index is 0.0999. The van der Waals surface area contributed by atoms with Crippen LogP contribution in [0.1, 0.15) is 44.6 Å². The van der Waals surface area contributed by atoms with Gasteiger partial charge in [0.15, 0.2) is 0 Å². The van der Waals surface area contributed by atoms with Crippen molar-refractivity contribution >= 4 is 5.97 Å². The Morgan fingerprint density at radius 2 is 1.85 bits per heavy atom. The number of rotatable bonds is 4. The van der Waals surface area contributed by atoms with E-state index in [1.807, 2.05) is 25.1 Å². The zero-order chi connectivity index (χ0) is 14.6. The summed E-state index contributed by atoms with van der Waals surface area (Å²) in [7, 11) is 4.25. The number of carbonyl (C=O) groups is 1. The molecule has 3 nitrogen and oxygen atoms in total. The fraction of sp³-hybridized carbons (Fsp3) is 0.588. The zero-order valence-corrected chi connectivity index (χ0v) is 12.8. The van der Waals surface area contributed by atoms with Crippen molar-refractivity contribution in [1.82, 2.24) is 4.90 Å². The molecule has 0 bridgehead atoms. The van der Waals surface area contributed by atoms with Crippen LogP contribution < -0.4 is 0 Å². The standard InChI is InChI=1S/C17H25NO2/c1-4-16(19)20-17(14-8-6-5-7-9-14)12-10-15(11-13-17)18(2)3/h5-9,15H,4,10-13H2,1-3H3/t15-,17-. The molecule has 1 aromatic rings. The van der Waals surface area contributed by atoms with Gasteiger partial charge in [0.2, 0.25) is 0 Å². The third-order valence-corrected chi connectivity index (χ3v) is 4.39. The molecule has 0 saturated heterocycles. The average molecular weight is 275 g/mol. The first-order chi connectivity index (χ1) is 9.57. The van der Waals surface area contributed by atoms with E-state index in [1.54, 1.807) is 0 Å². The molecule has 3 heteroatoms. The molecule has 1 aliphatic rings. The number of ether oxygens (including phenoxy) is 1. The normalized spacial score (nSPS) is 26.5. The van der Waals surface area contributed by atoms with E-state index < -0.39 is 5.60 Å². The fourth-order valence-corrected chi connectivity index (χ4v) is 3.07. The van der Waals surface area contributed by atoms with Gasteiger partial charge in [0.25, 0.3) is 0 Å². The summed E-state index contributed by atoms with van der Waals surface area (Å²) in [5.41, 5.74) is 0.722. The van der Waals surface area contributed by atoms with Crippen LogP contribution in [0.15, 0.2) is 30.3 Å². The Morgan fingerprint density at radius 1 is 1.25 bits per heavy atom. The number of nitrogens with zero attached hydrogens (tertiary/aromatic N) is 1. The Kier molecular flexibility index (Phi) is 4.81. The van der Waals surface area contributed by atoms with Crippen LogP contribution in [0.4, 0.5) is 0 Å². The Labute approximate surface area is 121 Å². The molecule has 1 aromatic carbocycles. The predicted octanol–water partition coefficient (Wildman–Crippen LogP) is 3.34. The maximum atomic E-state index is 11.8. The number of esters is 1. The highest BCUT2D eigenvalue weighted by Gasteiger charge is 2.40. The van der Waals surface area contributed by atoms with Crippen molar-refractivity contribution < 1.29 is 9.53 Å². The topological polar surface area (TPSA) is 29.5 Å². The van der Waals surface area contributed by atoms with Gasteiger partial charge in [-0.1, -0.05) is 37.3 Å². The molecule has 0 aliphatic heterocycles. The van der Waals surface area contributed by atoms with Crippen molar-refractivity contribution in [1.29, 1.82) is 0 Å². The summed E-state index contributed by atoms with van der Waals surface area (Å²) < 4.78 is 5.88. The first kappa shape index (κ1) is 15.0. The number of carbonyl (C=O) groups excluding carboxylic acids is 1. The van der Waals surface area contributed by atoms with E-state index in [2.05, 4.69) is 31.1 Å². The highest BCUT2D eigenvalue weighted by molar-refractivity contribution is 5.69. The van der Waals surface area contributed by atoms with Crippen molar-refractivity contribution in [2.45, 2.75) is 50.7 Å². The van der Waals surface area contributed by atoms with Gasteiger partial charge in [-0.25, -0.2) is 0 Å². The van der Waals surface area contributed by atoms with E-state index in [0.29, 0.717) is 12.5 Å². The van der Waals surface area contributed by atoms with Crippen LogP contribution in [0.3, 0.4) is 0 Å². The largest absolute Gasteiger partial charge is 0.454 e. The summed E-state index contributed by atoms with van der Waals surface area (Å²) >= 11 is 0. The van der Waals surface area contributed by atoms with E-state index in [9.17, 15) is 4.79 Å². The molecule has 0 aromatic heterocycles. The van der Waals surface area contributed by atoms with Crippen LogP contribution in [0.25, 0.3) is 0 Å². The maximum Gasteiger partial charge on any atom is 0.306 e. The van der Waals surface area contributed by atoms with Crippen LogP contribution in [-0.4, -0.2) is 31.0 Å². The van der Waals surface area contributed by atoms with Crippen molar-refractivity contribution in [2.24, 2.45) is 0 Å². The van der Waals surface area contributed by atoms with E-state index in [0.717, 1.165) is 31.2 Å². The van der Waals surface area contributed by atoms with Crippen LogP contribution in [-0.2, 0) is 15.1 Å². The lowest BCUT2D eigenvalue weighted by Crippen LogP contribution is -2.42. The summed E-state index contributed by atoms with van der Waals surface area (Å²) in [5, 5.41) is 0. The summed E-state index contributed by atoms with van der Waals surface area (Å²) in [6, 6.07) is 10.8. The van der Waals surface area contributed by atoms with E-state index in [1.165, 1.54) is 0 Å². The molecule has 20 heavy (non-hydrogen) atoms. The average Bonchev–Trinajstić information content (AvgIpc) is 2.48. The molecule has 1 fully saturated rings. The van der Waals surface area contributed by atoms with Crippen LogP contribution in [0.5, 0.6) is 0 Å². The molecule has 2 rings (SSSR count). The van der Waals surface area contributed by atoms with Gasteiger partial charge in [-0.15, -0.1) is 0 Å². The molecule has 0 radical (unpaired) electrons. The van der Waals surface area contributed by atoms with Gasteiger partial charge in [0.05, 0.1) is 0 Å². The molecule has 0 N–H and O–H groups in total. The maximum absolute atomic E-state index is 11.8. The number of hydrogen-bond donors (Lipinski definition) is 0. The number of hydrogen-bond acceptors (Lipinski definition) is 3. The number of benzene rings is 1. The van der Waals surface area contributed by atoms with Crippen molar-refractivity contribution in [3.05, 3.63) is 35.9 Å². The molecular formula is C17H25NO2. The molecule has 0 unspecified atom stereocenters. The SMILES string of the molecule is CCC(=O)O[C@]1(c2ccccc2)CC[C@@H](N(C)C)CC1. The lowest BCUT2D eigenvalue weighted by Gasteiger charge is -2.41. The Hall–Kier alpha value is -1.35. The first-order valence-corrected chi connectivity index (χ1v) is 7.51. The second-order valence-electron chi connectivity index (χ2n) is 5.88. The summed E-state index contributed by atoms with van der Waals surface area (Å²) in [6.07, 6.45) is 4.39. The molecule has 0 spiro atoms. The Morgan fingerprint density at radius 3 is 2.35 bits per heavy atom. The Bertz CT molecular complexity index is 434. The van der Waals surface area contributed by atoms with Crippen molar-refractivity contribution in [3.63, 3.8) is 0 Å². The van der Waals surface area contributed by atoms with Gasteiger partial charge in [0.1, 0.15) is 5.60 Å². The van der Waals surface area contributed by atoms with Gasteiger partial charge in [0, 0.05) is 12.5 Å². The lowest BCUT2D eigenvalue weighted by molar-refractivity contribution is -0.166. The van der Waals surface area contributed by atoms with Gasteiger partial charge < -0.3 is 9.64 Å². The third kappa shape index (κ3) is 3.21. The minimum atomic E-state index is -0.416. The van der Waals surface area contributed by atoms with E-state index in [-0.39, 0.29) is 5.97 Å². The molecule has 1 saturated carbocycles. The molecule has 0 heterocycles. The molecular weight excluding hydrogens is 250 g/mol. The monoisotopic (exact) mass is 275 g/mol. The van der Waals surface area contributed by atoms with Crippen molar-refractivity contribution in [3.8, 4) is 0 Å². The summed E-state index contributed by atoms with van der Waals surface area (Å²) in [4.78, 5) is 14.1. The molecule has 0 atom stereocenters. The van der Waals surface area contributed by atoms with E-state index in [4.69, 9.17) is 4.74 Å². The zero-order valence-electron chi connectivity index (χ0n) is 12.8. The molecule has 0 amide bonds. The smallest absolute Gasteiger partial charge is 0.306 e. The summed E-state index contributed by atoms with van der Waals surface area (Å²) in [6.45, 7) is 1.85. The van der Waals surface area contributed by atoms with Gasteiger partial charge in [-0.05, 0) is 45.3 Å². The summed E-state index contributed by atoms with van der Waals surface area (Å²) in [5.74, 6) is -0.0999. The highest BCUT2D eigenvalue weighted by atomic mass is 16.6. The van der Waals surface area contributed by atoms with Crippen LogP contribution in [0, 0.1) is 0 Å². The van der Waals surface area contributed by atoms with Crippen LogP contribution in [0.2, 0.25) is 0 Å². The highest BCUT2D eigenvalue weighted by Crippen LogP contribution is 2.41. The second-order valence-corrected chi connectivity index (χ2v) is 5.88. The van der Waals surface area contributed by atoms with Crippen LogP contribution >= 0.6 is 0 Å². The fourth-order valence-electron chi connectivity index (χ4n) is 3.07. The molecule has 110 valence electrons. The quantitative estimate of drug-likeness (QED) is 0.789. The van der Waals surface area contributed by atoms with Crippen molar-refractivity contribution in [2.75, 3.05) is 14.1 Å². The minimum Gasteiger partial charge on any atom is -0.454 e. The van der Waals surface area contributed by atoms with Gasteiger partial charge in [-0.2, -0.15) is 0 Å². The lowest BCUT2D eigenvalue weighted by atomic mass is 9.77. The predicted molar refractivity (Wildman–Crippen MR) is 80.4 cm³/mol. The third-order valence-electron chi connectivity index (χ3n) is 4.39.